The maximum atomic E-state index is 12.7. The van der Waals surface area contributed by atoms with Crippen LogP contribution in [0.4, 0.5) is 0 Å². The average Bonchev–Trinajstić information content (AvgIpc) is 2.51. The number of nitriles is 1. The lowest BCUT2D eigenvalue weighted by atomic mass is 9.68. The van der Waals surface area contributed by atoms with Gasteiger partial charge in [-0.1, -0.05) is 33.1 Å². The van der Waals surface area contributed by atoms with Gasteiger partial charge in [-0.05, 0) is 43.9 Å². The highest BCUT2D eigenvalue weighted by Crippen LogP contribution is 2.45. The lowest BCUT2D eigenvalue weighted by Gasteiger charge is -2.45. The molecule has 3 heteroatoms. The highest BCUT2D eigenvalue weighted by molar-refractivity contribution is 5.85. The normalized spacial score (nSPS) is 22.6. The van der Waals surface area contributed by atoms with Gasteiger partial charge in [-0.15, -0.1) is 0 Å². The summed E-state index contributed by atoms with van der Waals surface area (Å²) < 4.78 is 0. The lowest BCUT2D eigenvalue weighted by molar-refractivity contribution is -0.142. The smallest absolute Gasteiger partial charge is 0.243 e. The van der Waals surface area contributed by atoms with E-state index in [4.69, 9.17) is 0 Å². The largest absolute Gasteiger partial charge is 0.341 e. The molecule has 0 N–H and O–H groups in total. The van der Waals surface area contributed by atoms with Crippen molar-refractivity contribution in [2.24, 2.45) is 10.8 Å². The van der Waals surface area contributed by atoms with Gasteiger partial charge in [-0.25, -0.2) is 0 Å². The fraction of sp³-hybridized carbons (Fsp3) is 0.882. The van der Waals surface area contributed by atoms with Crippen LogP contribution in [-0.4, -0.2) is 23.9 Å². The quantitative estimate of drug-likeness (QED) is 0.785. The van der Waals surface area contributed by atoms with Crippen molar-refractivity contribution in [2.45, 2.75) is 71.6 Å². The molecule has 0 unspecified atom stereocenters. The molecule has 0 radical (unpaired) electrons. The number of amides is 1. The van der Waals surface area contributed by atoms with Crippen LogP contribution in [0.2, 0.25) is 0 Å². The van der Waals surface area contributed by atoms with Crippen LogP contribution >= 0.6 is 0 Å². The number of hydrogen-bond acceptors (Lipinski definition) is 2. The minimum atomic E-state index is -0.781. The van der Waals surface area contributed by atoms with Gasteiger partial charge in [0.1, 0.15) is 5.41 Å². The van der Waals surface area contributed by atoms with E-state index in [0.29, 0.717) is 18.3 Å². The summed E-state index contributed by atoms with van der Waals surface area (Å²) in [4.78, 5) is 14.7. The van der Waals surface area contributed by atoms with E-state index in [1.165, 1.54) is 32.1 Å². The second-order valence-electron chi connectivity index (χ2n) is 6.75. The Bertz CT molecular complexity index is 376. The minimum Gasteiger partial charge on any atom is -0.341 e. The van der Waals surface area contributed by atoms with Crippen molar-refractivity contribution >= 4 is 5.91 Å². The second-order valence-corrected chi connectivity index (χ2v) is 6.75. The van der Waals surface area contributed by atoms with Gasteiger partial charge in [0, 0.05) is 13.1 Å². The van der Waals surface area contributed by atoms with E-state index in [2.05, 4.69) is 6.07 Å². The number of rotatable bonds is 3. The Morgan fingerprint density at radius 3 is 2.10 bits per heavy atom. The number of carbonyl (C=O) groups is 1. The molecule has 0 aromatic rings. The first-order valence-corrected chi connectivity index (χ1v) is 8.32. The summed E-state index contributed by atoms with van der Waals surface area (Å²) in [5, 5.41) is 9.42. The molecule has 2 rings (SSSR count). The van der Waals surface area contributed by atoms with Crippen LogP contribution in [0.5, 0.6) is 0 Å². The van der Waals surface area contributed by atoms with Gasteiger partial charge in [0.05, 0.1) is 6.07 Å². The van der Waals surface area contributed by atoms with Gasteiger partial charge in [-0.3, -0.25) is 4.79 Å². The molecule has 1 spiro atoms. The first-order valence-electron chi connectivity index (χ1n) is 8.32. The Labute approximate surface area is 123 Å². The van der Waals surface area contributed by atoms with Crippen LogP contribution in [0, 0.1) is 22.2 Å². The molecule has 1 aliphatic heterocycles. The standard InChI is InChI=1S/C17H28N2O/c1-3-17(4-2,14-18)15(20)19-12-10-16(11-13-19)8-6-5-7-9-16/h3-13H2,1-2H3. The molecule has 1 amide bonds. The average molecular weight is 276 g/mol. The fourth-order valence-electron chi connectivity index (χ4n) is 4.05. The molecule has 1 aliphatic carbocycles. The Kier molecular flexibility index (Phi) is 4.73. The number of carbonyl (C=O) groups excluding carboxylic acids is 1. The van der Waals surface area contributed by atoms with Crippen molar-refractivity contribution in [1.29, 1.82) is 5.26 Å². The van der Waals surface area contributed by atoms with E-state index in [1.807, 2.05) is 18.7 Å². The predicted molar refractivity (Wildman–Crippen MR) is 80.0 cm³/mol. The Morgan fingerprint density at radius 1 is 1.10 bits per heavy atom. The van der Waals surface area contributed by atoms with Crippen molar-refractivity contribution < 1.29 is 4.79 Å². The van der Waals surface area contributed by atoms with Crippen molar-refractivity contribution in [3.63, 3.8) is 0 Å². The summed E-state index contributed by atoms with van der Waals surface area (Å²) in [6, 6.07) is 2.29. The number of hydrogen-bond donors (Lipinski definition) is 0. The van der Waals surface area contributed by atoms with Crippen LogP contribution in [-0.2, 0) is 4.79 Å². The summed E-state index contributed by atoms with van der Waals surface area (Å²) in [5.41, 5.74) is -0.264. The minimum absolute atomic E-state index is 0.0793. The first-order chi connectivity index (χ1) is 9.61. The molecule has 0 aromatic carbocycles. The highest BCUT2D eigenvalue weighted by Gasteiger charge is 2.42. The zero-order valence-corrected chi connectivity index (χ0v) is 13.1. The van der Waals surface area contributed by atoms with Gasteiger partial charge in [0.2, 0.25) is 5.91 Å². The van der Waals surface area contributed by atoms with E-state index in [9.17, 15) is 10.1 Å². The van der Waals surface area contributed by atoms with Crippen molar-refractivity contribution in [3.05, 3.63) is 0 Å². The Morgan fingerprint density at radius 2 is 1.65 bits per heavy atom. The van der Waals surface area contributed by atoms with E-state index in [-0.39, 0.29) is 5.91 Å². The third kappa shape index (κ3) is 2.71. The maximum absolute atomic E-state index is 12.7. The van der Waals surface area contributed by atoms with E-state index in [1.54, 1.807) is 0 Å². The van der Waals surface area contributed by atoms with Gasteiger partial charge in [-0.2, -0.15) is 5.26 Å². The Hall–Kier alpha value is -1.04. The molecule has 20 heavy (non-hydrogen) atoms. The third-order valence-corrected chi connectivity index (χ3v) is 5.86. The van der Waals surface area contributed by atoms with E-state index >= 15 is 0 Å². The summed E-state index contributed by atoms with van der Waals surface area (Å²) >= 11 is 0. The van der Waals surface area contributed by atoms with Crippen molar-refractivity contribution in [1.82, 2.24) is 4.90 Å². The molecule has 112 valence electrons. The molecule has 1 saturated carbocycles. The molecule has 0 aromatic heterocycles. The first kappa shape index (κ1) is 15.4. The molecule has 3 nitrogen and oxygen atoms in total. The predicted octanol–water partition coefficient (Wildman–Crippen LogP) is 3.89. The molecule has 2 fully saturated rings. The molecule has 1 saturated heterocycles. The lowest BCUT2D eigenvalue weighted by Crippen LogP contribution is -2.49. The summed E-state index contributed by atoms with van der Waals surface area (Å²) in [5.74, 6) is 0.0793. The van der Waals surface area contributed by atoms with Gasteiger partial charge in [0.15, 0.2) is 0 Å². The summed E-state index contributed by atoms with van der Waals surface area (Å²) in [6.45, 7) is 5.64. The summed E-state index contributed by atoms with van der Waals surface area (Å²) in [7, 11) is 0. The van der Waals surface area contributed by atoms with Crippen LogP contribution < -0.4 is 0 Å². The third-order valence-electron chi connectivity index (χ3n) is 5.86. The summed E-state index contributed by atoms with van der Waals surface area (Å²) in [6.07, 6.45) is 10.3. The zero-order valence-electron chi connectivity index (χ0n) is 13.1. The monoisotopic (exact) mass is 276 g/mol. The Balaban J connectivity index is 1.99. The molecular formula is C17H28N2O. The van der Waals surface area contributed by atoms with Crippen LogP contribution in [0.3, 0.4) is 0 Å². The maximum Gasteiger partial charge on any atom is 0.243 e. The van der Waals surface area contributed by atoms with Crippen LogP contribution in [0.15, 0.2) is 0 Å². The van der Waals surface area contributed by atoms with Gasteiger partial charge < -0.3 is 4.90 Å². The number of likely N-dealkylation sites (tertiary alicyclic amines) is 1. The molecule has 1 heterocycles. The zero-order chi connectivity index (χ0) is 14.6. The van der Waals surface area contributed by atoms with E-state index in [0.717, 1.165) is 25.9 Å². The number of piperidine rings is 1. The van der Waals surface area contributed by atoms with Crippen molar-refractivity contribution in [3.8, 4) is 6.07 Å². The van der Waals surface area contributed by atoms with E-state index < -0.39 is 5.41 Å². The van der Waals surface area contributed by atoms with Crippen LogP contribution in [0.25, 0.3) is 0 Å². The molecule has 0 atom stereocenters. The van der Waals surface area contributed by atoms with Gasteiger partial charge >= 0.3 is 0 Å². The second kappa shape index (κ2) is 6.16. The molecule has 0 bridgehead atoms. The topological polar surface area (TPSA) is 44.1 Å². The number of nitrogens with zero attached hydrogens (tertiary/aromatic N) is 2. The van der Waals surface area contributed by atoms with Crippen LogP contribution in [0.1, 0.15) is 71.6 Å². The molecule has 2 aliphatic rings. The van der Waals surface area contributed by atoms with Gasteiger partial charge in [0.25, 0.3) is 0 Å². The molecular weight excluding hydrogens is 248 g/mol. The SMILES string of the molecule is CCC(C#N)(CC)C(=O)N1CCC2(CCCCC2)CC1. The highest BCUT2D eigenvalue weighted by atomic mass is 16.2. The fourth-order valence-corrected chi connectivity index (χ4v) is 4.05. The van der Waals surface area contributed by atoms with Crippen molar-refractivity contribution in [2.75, 3.05) is 13.1 Å².